The molecule has 5 heteroatoms. The van der Waals surface area contributed by atoms with Gasteiger partial charge in [0.2, 0.25) is 0 Å². The van der Waals surface area contributed by atoms with E-state index in [0.29, 0.717) is 12.2 Å². The average molecular weight is 408 g/mol. The van der Waals surface area contributed by atoms with E-state index >= 15 is 0 Å². The van der Waals surface area contributed by atoms with Gasteiger partial charge in [0, 0.05) is 20.9 Å². The smallest absolute Gasteiger partial charge is 0.124 e. The summed E-state index contributed by atoms with van der Waals surface area (Å²) in [7, 11) is 0. The van der Waals surface area contributed by atoms with Crippen molar-refractivity contribution < 1.29 is 4.74 Å². The van der Waals surface area contributed by atoms with Gasteiger partial charge >= 0.3 is 0 Å². The van der Waals surface area contributed by atoms with Crippen molar-refractivity contribution in [1.82, 2.24) is 0 Å². The fraction of sp³-hybridized carbons (Fsp3) is 0.188. The first kappa shape index (κ1) is 14.4. The van der Waals surface area contributed by atoms with Gasteiger partial charge < -0.3 is 10.1 Å². The minimum absolute atomic E-state index is 0.132. The van der Waals surface area contributed by atoms with Gasteiger partial charge in [0.05, 0.1) is 23.9 Å². The van der Waals surface area contributed by atoms with Crippen molar-refractivity contribution in [3.63, 3.8) is 0 Å². The van der Waals surface area contributed by atoms with Crippen LogP contribution in [0.15, 0.2) is 45.3 Å². The SMILES string of the molecule is N#Cc1ccc(Br)cc1NC1CCOc2ccc(Br)cc21. The molecule has 3 rings (SSSR count). The molecule has 2 aromatic rings. The zero-order valence-electron chi connectivity index (χ0n) is 11.1. The molecule has 1 aliphatic heterocycles. The molecule has 1 heterocycles. The van der Waals surface area contributed by atoms with Crippen molar-refractivity contribution in [2.75, 3.05) is 11.9 Å². The highest BCUT2D eigenvalue weighted by atomic mass is 79.9. The summed E-state index contributed by atoms with van der Waals surface area (Å²) in [6.45, 7) is 0.669. The Kier molecular flexibility index (Phi) is 4.18. The molecule has 0 fully saturated rings. The summed E-state index contributed by atoms with van der Waals surface area (Å²) >= 11 is 6.95. The highest BCUT2D eigenvalue weighted by molar-refractivity contribution is 9.10. The quantitative estimate of drug-likeness (QED) is 0.760. The van der Waals surface area contributed by atoms with Gasteiger partial charge in [-0.25, -0.2) is 0 Å². The lowest BCUT2D eigenvalue weighted by molar-refractivity contribution is 0.274. The van der Waals surface area contributed by atoms with Crippen LogP contribution in [-0.2, 0) is 0 Å². The van der Waals surface area contributed by atoms with E-state index in [2.05, 4.69) is 49.3 Å². The summed E-state index contributed by atoms with van der Waals surface area (Å²) in [6, 6.07) is 14.0. The molecule has 0 radical (unpaired) electrons. The van der Waals surface area contributed by atoms with E-state index in [-0.39, 0.29) is 6.04 Å². The Morgan fingerprint density at radius 2 is 1.90 bits per heavy atom. The summed E-state index contributed by atoms with van der Waals surface area (Å²) in [4.78, 5) is 0. The fourth-order valence-electron chi connectivity index (χ4n) is 2.44. The molecule has 1 aliphatic rings. The van der Waals surface area contributed by atoms with E-state index in [1.165, 1.54) is 0 Å². The van der Waals surface area contributed by atoms with Crippen molar-refractivity contribution in [3.8, 4) is 11.8 Å². The minimum Gasteiger partial charge on any atom is -0.493 e. The summed E-state index contributed by atoms with van der Waals surface area (Å²) in [5.74, 6) is 0.899. The van der Waals surface area contributed by atoms with Crippen molar-refractivity contribution in [1.29, 1.82) is 5.26 Å². The normalized spacial score (nSPS) is 16.5. The Bertz CT molecular complexity index is 725. The molecular formula is C16H12Br2N2O. The standard InChI is InChI=1S/C16H12Br2N2O/c17-11-3-4-16-13(7-11)14(5-6-21-16)20-15-8-12(18)2-1-10(15)9-19/h1-4,7-8,14,20H,5-6H2. The summed E-state index contributed by atoms with van der Waals surface area (Å²) in [6.07, 6.45) is 0.862. The number of hydrogen-bond donors (Lipinski definition) is 1. The molecule has 106 valence electrons. The number of benzene rings is 2. The molecule has 2 aromatic carbocycles. The van der Waals surface area contributed by atoms with Gasteiger partial charge in [0.15, 0.2) is 0 Å². The lowest BCUT2D eigenvalue weighted by Gasteiger charge is -2.28. The first-order valence-corrected chi connectivity index (χ1v) is 8.14. The van der Waals surface area contributed by atoms with Gasteiger partial charge in [-0.3, -0.25) is 0 Å². The third-order valence-corrected chi connectivity index (χ3v) is 4.43. The number of anilines is 1. The molecule has 3 nitrogen and oxygen atoms in total. The Morgan fingerprint density at radius 1 is 1.14 bits per heavy atom. The Morgan fingerprint density at radius 3 is 2.71 bits per heavy atom. The van der Waals surface area contributed by atoms with E-state index in [9.17, 15) is 5.26 Å². The third kappa shape index (κ3) is 3.07. The molecule has 0 aliphatic carbocycles. The molecule has 0 saturated carbocycles. The second-order valence-corrected chi connectivity index (χ2v) is 6.65. The predicted molar refractivity (Wildman–Crippen MR) is 89.5 cm³/mol. The number of rotatable bonds is 2. The van der Waals surface area contributed by atoms with E-state index in [1.807, 2.05) is 30.3 Å². The molecule has 0 aromatic heterocycles. The second-order valence-electron chi connectivity index (χ2n) is 4.82. The zero-order chi connectivity index (χ0) is 14.8. The van der Waals surface area contributed by atoms with Crippen LogP contribution in [-0.4, -0.2) is 6.61 Å². The van der Waals surface area contributed by atoms with Gasteiger partial charge in [-0.05, 0) is 36.4 Å². The number of nitrogens with zero attached hydrogens (tertiary/aromatic N) is 1. The molecule has 0 amide bonds. The van der Waals surface area contributed by atoms with Crippen LogP contribution in [0.4, 0.5) is 5.69 Å². The van der Waals surface area contributed by atoms with Crippen LogP contribution in [0.2, 0.25) is 0 Å². The third-order valence-electron chi connectivity index (χ3n) is 3.44. The predicted octanol–water partition coefficient (Wildman–Crippen LogP) is 5.02. The maximum Gasteiger partial charge on any atom is 0.124 e. The number of halogens is 2. The lowest BCUT2D eigenvalue weighted by atomic mass is 10.00. The Hall–Kier alpha value is -1.51. The lowest BCUT2D eigenvalue weighted by Crippen LogP contribution is -2.20. The molecule has 0 saturated heterocycles. The van der Waals surface area contributed by atoms with Gasteiger partial charge in [-0.1, -0.05) is 31.9 Å². The van der Waals surface area contributed by atoms with E-state index in [0.717, 1.165) is 32.4 Å². The average Bonchev–Trinajstić information content (AvgIpc) is 2.48. The van der Waals surface area contributed by atoms with Crippen molar-refractivity contribution in [3.05, 3.63) is 56.5 Å². The topological polar surface area (TPSA) is 45.0 Å². The molecule has 21 heavy (non-hydrogen) atoms. The van der Waals surface area contributed by atoms with E-state index < -0.39 is 0 Å². The van der Waals surface area contributed by atoms with Crippen molar-refractivity contribution in [2.45, 2.75) is 12.5 Å². The van der Waals surface area contributed by atoms with Crippen LogP contribution in [0.1, 0.15) is 23.6 Å². The van der Waals surface area contributed by atoms with E-state index in [1.54, 1.807) is 0 Å². The summed E-state index contributed by atoms with van der Waals surface area (Å²) in [5, 5.41) is 12.7. The van der Waals surface area contributed by atoms with Crippen LogP contribution in [0.3, 0.4) is 0 Å². The monoisotopic (exact) mass is 406 g/mol. The van der Waals surface area contributed by atoms with Gasteiger partial charge in [0.1, 0.15) is 11.8 Å². The maximum absolute atomic E-state index is 9.24. The highest BCUT2D eigenvalue weighted by Crippen LogP contribution is 2.37. The van der Waals surface area contributed by atoms with Crippen LogP contribution in [0, 0.1) is 11.3 Å². The van der Waals surface area contributed by atoms with Gasteiger partial charge in [-0.15, -0.1) is 0 Å². The van der Waals surface area contributed by atoms with Crippen LogP contribution in [0.25, 0.3) is 0 Å². The largest absolute Gasteiger partial charge is 0.493 e. The van der Waals surface area contributed by atoms with E-state index in [4.69, 9.17) is 4.74 Å². The molecular weight excluding hydrogens is 396 g/mol. The summed E-state index contributed by atoms with van der Waals surface area (Å²) < 4.78 is 7.66. The van der Waals surface area contributed by atoms with Crippen molar-refractivity contribution >= 4 is 37.5 Å². The molecule has 1 atom stereocenters. The summed E-state index contributed by atoms with van der Waals surface area (Å²) in [5.41, 5.74) is 2.59. The molecule has 1 N–H and O–H groups in total. The van der Waals surface area contributed by atoms with Crippen LogP contribution >= 0.6 is 31.9 Å². The Balaban J connectivity index is 1.96. The minimum atomic E-state index is 0.132. The van der Waals surface area contributed by atoms with Crippen molar-refractivity contribution in [2.24, 2.45) is 0 Å². The fourth-order valence-corrected chi connectivity index (χ4v) is 3.18. The van der Waals surface area contributed by atoms with Crippen LogP contribution < -0.4 is 10.1 Å². The first-order chi connectivity index (χ1) is 10.2. The maximum atomic E-state index is 9.24. The number of hydrogen-bond acceptors (Lipinski definition) is 3. The van der Waals surface area contributed by atoms with Gasteiger partial charge in [0.25, 0.3) is 0 Å². The number of nitrogens with one attached hydrogen (secondary N) is 1. The highest BCUT2D eigenvalue weighted by Gasteiger charge is 2.22. The Labute approximate surface area is 140 Å². The zero-order valence-corrected chi connectivity index (χ0v) is 14.2. The molecule has 0 bridgehead atoms. The number of fused-ring (bicyclic) bond motifs is 1. The number of ether oxygens (including phenoxy) is 1. The molecule has 1 unspecified atom stereocenters. The first-order valence-electron chi connectivity index (χ1n) is 6.56. The van der Waals surface area contributed by atoms with Crippen LogP contribution in [0.5, 0.6) is 5.75 Å². The van der Waals surface area contributed by atoms with Gasteiger partial charge in [-0.2, -0.15) is 5.26 Å². The number of nitriles is 1. The second kappa shape index (κ2) is 6.08. The molecule has 0 spiro atoms.